The molecule has 0 radical (unpaired) electrons. The maximum Gasteiger partial charge on any atom is 0.189 e. The van der Waals surface area contributed by atoms with Gasteiger partial charge in [-0.05, 0) is 77.4 Å². The number of rotatable bonds is 4. The predicted octanol–water partition coefficient (Wildman–Crippen LogP) is 11.5. The molecule has 0 aliphatic heterocycles. The van der Waals surface area contributed by atoms with Crippen LogP contribution >= 0.6 is 0 Å². The van der Waals surface area contributed by atoms with Crippen LogP contribution in [0.4, 0.5) is 5.69 Å². The summed E-state index contributed by atoms with van der Waals surface area (Å²) in [5, 5.41) is 24.2. The fourth-order valence-corrected chi connectivity index (χ4v) is 7.36. The van der Waals surface area contributed by atoms with E-state index in [1.165, 1.54) is 0 Å². The van der Waals surface area contributed by atoms with Gasteiger partial charge in [0.1, 0.15) is 6.07 Å². The van der Waals surface area contributed by atoms with Crippen molar-refractivity contribution in [1.82, 2.24) is 9.13 Å². The Morgan fingerprint density at radius 1 is 0.460 bits per heavy atom. The number of benzene rings is 7. The minimum absolute atomic E-state index is 0.556. The number of aromatic nitrogens is 2. The quantitative estimate of drug-likeness (QED) is 0.181. The minimum Gasteiger partial charge on any atom is -0.310 e. The monoisotopic (exact) mass is 635 g/mol. The Balaban J connectivity index is 1.24. The summed E-state index contributed by atoms with van der Waals surface area (Å²) in [4.78, 5) is 3.80. The molecule has 0 unspecified atom stereocenters. The molecule has 0 N–H and O–H groups in total. The number of para-hydroxylation sites is 3. The molecule has 2 aromatic heterocycles. The first-order valence-corrected chi connectivity index (χ1v) is 16.3. The topological polar surface area (TPSA) is 61.8 Å². The lowest BCUT2D eigenvalue weighted by molar-refractivity contribution is 1.17. The summed E-state index contributed by atoms with van der Waals surface area (Å²) < 4.78 is 4.39. The zero-order valence-corrected chi connectivity index (χ0v) is 26.7. The Kier molecular flexibility index (Phi) is 6.56. The SMILES string of the molecule is [C-]#[N+]c1ccc(-c2cccc(-c3ccc(C#N)c(-n4c5ccccc5c5cc(C#N)ccc54)c3)c2)c(-n2c3ccccc3c3ccccc32)c1. The summed E-state index contributed by atoms with van der Waals surface area (Å²) >= 11 is 0. The number of hydrogen-bond donors (Lipinski definition) is 0. The summed E-state index contributed by atoms with van der Waals surface area (Å²) in [6, 6.07) is 55.6. The van der Waals surface area contributed by atoms with Crippen molar-refractivity contribution in [3.63, 3.8) is 0 Å². The molecule has 0 atom stereocenters. The maximum atomic E-state index is 10.3. The molecule has 7 aromatic carbocycles. The van der Waals surface area contributed by atoms with Crippen LogP contribution in [0.2, 0.25) is 0 Å². The first kappa shape index (κ1) is 28.8. The fourth-order valence-electron chi connectivity index (χ4n) is 7.36. The van der Waals surface area contributed by atoms with E-state index >= 15 is 0 Å². The third kappa shape index (κ3) is 4.38. The van der Waals surface area contributed by atoms with Crippen molar-refractivity contribution in [2.75, 3.05) is 0 Å². The van der Waals surface area contributed by atoms with E-state index in [-0.39, 0.29) is 0 Å². The number of fused-ring (bicyclic) bond motifs is 6. The minimum atomic E-state index is 0.556. The van der Waals surface area contributed by atoms with Crippen molar-refractivity contribution >= 4 is 49.3 Å². The summed E-state index contributed by atoms with van der Waals surface area (Å²) in [6.07, 6.45) is 0. The van der Waals surface area contributed by atoms with Gasteiger partial charge < -0.3 is 9.13 Å². The summed E-state index contributed by atoms with van der Waals surface area (Å²) in [6.45, 7) is 7.82. The smallest absolute Gasteiger partial charge is 0.189 e. The van der Waals surface area contributed by atoms with Gasteiger partial charge in [0.05, 0.1) is 51.5 Å². The number of nitriles is 2. The van der Waals surface area contributed by atoms with Crippen molar-refractivity contribution in [1.29, 1.82) is 10.5 Å². The van der Waals surface area contributed by atoms with Crippen molar-refractivity contribution in [3.05, 3.63) is 174 Å². The molecule has 9 rings (SSSR count). The molecule has 0 aliphatic carbocycles. The molecule has 0 saturated heterocycles. The Labute approximate surface area is 288 Å². The molecule has 5 heteroatoms. The van der Waals surface area contributed by atoms with Gasteiger partial charge in [0.2, 0.25) is 0 Å². The summed E-state index contributed by atoms with van der Waals surface area (Å²) in [5.41, 5.74) is 11.5. The summed E-state index contributed by atoms with van der Waals surface area (Å²) in [7, 11) is 0. The van der Waals surface area contributed by atoms with Crippen LogP contribution in [0.1, 0.15) is 11.1 Å². The molecule has 0 spiro atoms. The van der Waals surface area contributed by atoms with Gasteiger partial charge in [-0.25, -0.2) is 4.85 Å². The van der Waals surface area contributed by atoms with Gasteiger partial charge >= 0.3 is 0 Å². The Bertz CT molecular complexity index is 2920. The van der Waals surface area contributed by atoms with Crippen LogP contribution in [0.5, 0.6) is 0 Å². The molecule has 9 aromatic rings. The number of hydrogen-bond acceptors (Lipinski definition) is 2. The van der Waals surface area contributed by atoms with E-state index in [1.54, 1.807) is 0 Å². The normalized spacial score (nSPS) is 11.1. The van der Waals surface area contributed by atoms with E-state index in [0.29, 0.717) is 16.8 Å². The van der Waals surface area contributed by atoms with E-state index in [0.717, 1.165) is 77.2 Å². The molecule has 50 heavy (non-hydrogen) atoms. The summed E-state index contributed by atoms with van der Waals surface area (Å²) in [5.74, 6) is 0. The zero-order chi connectivity index (χ0) is 33.8. The second kappa shape index (κ2) is 11.4. The van der Waals surface area contributed by atoms with E-state index in [4.69, 9.17) is 6.57 Å². The lowest BCUT2D eigenvalue weighted by Crippen LogP contribution is -1.99. The Hall–Kier alpha value is -7.39. The van der Waals surface area contributed by atoms with Crippen LogP contribution < -0.4 is 0 Å². The average Bonchev–Trinajstić information content (AvgIpc) is 3.70. The van der Waals surface area contributed by atoms with Gasteiger partial charge in [-0.3, -0.25) is 0 Å². The third-order valence-electron chi connectivity index (χ3n) is 9.60. The van der Waals surface area contributed by atoms with E-state index in [9.17, 15) is 10.5 Å². The van der Waals surface area contributed by atoms with E-state index in [1.807, 2.05) is 60.7 Å². The molecule has 5 nitrogen and oxygen atoms in total. The maximum absolute atomic E-state index is 10.3. The largest absolute Gasteiger partial charge is 0.310 e. The van der Waals surface area contributed by atoms with Crippen molar-refractivity contribution in [2.24, 2.45) is 0 Å². The Morgan fingerprint density at radius 3 is 1.72 bits per heavy atom. The lowest BCUT2D eigenvalue weighted by Gasteiger charge is -2.16. The first-order valence-electron chi connectivity index (χ1n) is 16.3. The van der Waals surface area contributed by atoms with E-state index in [2.05, 4.69) is 117 Å². The van der Waals surface area contributed by atoms with Gasteiger partial charge in [-0.2, -0.15) is 10.5 Å². The van der Waals surface area contributed by atoms with Crippen LogP contribution in [0.25, 0.3) is 82.1 Å². The highest BCUT2D eigenvalue weighted by atomic mass is 15.0. The van der Waals surface area contributed by atoms with Gasteiger partial charge in [0.15, 0.2) is 5.69 Å². The molecular formula is C45H25N5. The molecular weight excluding hydrogens is 611 g/mol. The first-order chi connectivity index (χ1) is 24.7. The predicted molar refractivity (Wildman–Crippen MR) is 202 cm³/mol. The lowest BCUT2D eigenvalue weighted by atomic mass is 9.96. The van der Waals surface area contributed by atoms with Gasteiger partial charge in [-0.15, -0.1) is 0 Å². The molecule has 0 fully saturated rings. The number of nitrogens with zero attached hydrogens (tertiary/aromatic N) is 5. The third-order valence-corrected chi connectivity index (χ3v) is 9.60. The molecule has 0 saturated carbocycles. The van der Waals surface area contributed by atoms with Crippen LogP contribution in [-0.2, 0) is 0 Å². The van der Waals surface area contributed by atoms with Crippen LogP contribution in [-0.4, -0.2) is 9.13 Å². The highest BCUT2D eigenvalue weighted by Crippen LogP contribution is 2.40. The standard InChI is InChI=1S/C45H25N5/c1-48-34-20-21-35(45(26-34)50-40-14-5-2-11-36(40)37-12-3-6-15-41(37)50)32-10-8-9-30(24-32)31-18-19-33(28-47)44(25-31)49-42-16-7-4-13-38(42)39-23-29(27-46)17-22-43(39)49/h2-26H. The zero-order valence-electron chi connectivity index (χ0n) is 26.7. The van der Waals surface area contributed by atoms with Gasteiger partial charge in [0.25, 0.3) is 0 Å². The van der Waals surface area contributed by atoms with Crippen LogP contribution in [0.15, 0.2) is 152 Å². The second-order valence-electron chi connectivity index (χ2n) is 12.3. The molecule has 0 bridgehead atoms. The van der Waals surface area contributed by atoms with E-state index < -0.39 is 0 Å². The van der Waals surface area contributed by atoms with Crippen molar-refractivity contribution in [2.45, 2.75) is 0 Å². The van der Waals surface area contributed by atoms with Crippen LogP contribution in [0, 0.1) is 29.2 Å². The van der Waals surface area contributed by atoms with Crippen molar-refractivity contribution in [3.8, 4) is 45.8 Å². The molecule has 0 amide bonds. The molecule has 230 valence electrons. The highest BCUT2D eigenvalue weighted by Gasteiger charge is 2.18. The van der Waals surface area contributed by atoms with Gasteiger partial charge in [0, 0.05) is 32.8 Å². The molecule has 0 aliphatic rings. The highest BCUT2D eigenvalue weighted by molar-refractivity contribution is 6.11. The Morgan fingerprint density at radius 2 is 1.06 bits per heavy atom. The van der Waals surface area contributed by atoms with Crippen molar-refractivity contribution < 1.29 is 0 Å². The second-order valence-corrected chi connectivity index (χ2v) is 12.3. The van der Waals surface area contributed by atoms with Gasteiger partial charge in [-0.1, -0.05) is 91.0 Å². The van der Waals surface area contributed by atoms with Crippen LogP contribution in [0.3, 0.4) is 0 Å². The average molecular weight is 636 g/mol. The molecule has 2 heterocycles. The fraction of sp³-hybridized carbons (Fsp3) is 0.